The predicted octanol–water partition coefficient (Wildman–Crippen LogP) is 4.42. The molecule has 1 amide bonds. The number of nitrogens with zero attached hydrogens (tertiary/aromatic N) is 3. The zero-order valence-corrected chi connectivity index (χ0v) is 15.5. The molecule has 136 valence electrons. The molecule has 1 aromatic carbocycles. The molecule has 0 bridgehead atoms. The van der Waals surface area contributed by atoms with Gasteiger partial charge in [-0.2, -0.15) is 0 Å². The van der Waals surface area contributed by atoms with Crippen LogP contribution in [0, 0.1) is 6.92 Å². The molecule has 3 heterocycles. The Kier molecular flexibility index (Phi) is 4.49. The van der Waals surface area contributed by atoms with Gasteiger partial charge in [0, 0.05) is 42.2 Å². The first kappa shape index (κ1) is 17.2. The molecule has 1 unspecified atom stereocenters. The number of likely N-dealkylation sites (tertiary alicyclic amines) is 1. The second kappa shape index (κ2) is 6.80. The lowest BCUT2D eigenvalue weighted by Crippen LogP contribution is -2.34. The highest BCUT2D eigenvalue weighted by Gasteiger charge is 2.33. The van der Waals surface area contributed by atoms with Gasteiger partial charge < -0.3 is 14.9 Å². The highest BCUT2D eigenvalue weighted by atomic mass is 35.5. The Morgan fingerprint density at radius 2 is 2.15 bits per heavy atom. The van der Waals surface area contributed by atoms with Crippen molar-refractivity contribution in [2.24, 2.45) is 0 Å². The largest absolute Gasteiger partial charge is 0.465 e. The number of hydrogen-bond donors (Lipinski definition) is 1. The summed E-state index contributed by atoms with van der Waals surface area (Å²) in [6, 6.07) is 8.04. The summed E-state index contributed by atoms with van der Waals surface area (Å²) in [5, 5.41) is 10.3. The number of amides is 1. The minimum absolute atomic E-state index is 0.0981. The molecule has 6 heteroatoms. The van der Waals surface area contributed by atoms with Crippen LogP contribution in [-0.2, 0) is 13.0 Å². The van der Waals surface area contributed by atoms with Crippen LogP contribution in [0.3, 0.4) is 0 Å². The number of rotatable bonds is 2. The smallest absolute Gasteiger partial charge is 0.407 e. The Morgan fingerprint density at radius 1 is 1.31 bits per heavy atom. The number of aromatic nitrogens is 1. The molecule has 4 rings (SSSR count). The average molecular weight is 372 g/mol. The van der Waals surface area contributed by atoms with E-state index in [1.165, 1.54) is 11.1 Å². The van der Waals surface area contributed by atoms with Gasteiger partial charge in [0.2, 0.25) is 0 Å². The van der Waals surface area contributed by atoms with Crippen LogP contribution >= 0.6 is 11.6 Å². The van der Waals surface area contributed by atoms with Crippen LogP contribution in [-0.4, -0.2) is 34.2 Å². The number of anilines is 1. The number of pyridine rings is 1. The van der Waals surface area contributed by atoms with Gasteiger partial charge in [-0.25, -0.2) is 4.79 Å². The van der Waals surface area contributed by atoms with E-state index in [0.717, 1.165) is 49.3 Å². The third-order valence-corrected chi connectivity index (χ3v) is 5.66. The molecular weight excluding hydrogens is 350 g/mol. The van der Waals surface area contributed by atoms with Crippen molar-refractivity contribution in [2.45, 2.75) is 38.8 Å². The average Bonchev–Trinajstić information content (AvgIpc) is 3.10. The number of carboxylic acid groups (broad SMARTS) is 1. The van der Waals surface area contributed by atoms with Crippen molar-refractivity contribution in [3.8, 4) is 0 Å². The highest BCUT2D eigenvalue weighted by Crippen LogP contribution is 2.39. The fourth-order valence-corrected chi connectivity index (χ4v) is 4.47. The first-order chi connectivity index (χ1) is 12.5. The topological polar surface area (TPSA) is 56.7 Å². The van der Waals surface area contributed by atoms with Crippen molar-refractivity contribution in [3.63, 3.8) is 0 Å². The quantitative estimate of drug-likeness (QED) is 0.848. The highest BCUT2D eigenvalue weighted by molar-refractivity contribution is 6.30. The van der Waals surface area contributed by atoms with Crippen LogP contribution in [0.5, 0.6) is 0 Å². The zero-order valence-electron chi connectivity index (χ0n) is 14.8. The van der Waals surface area contributed by atoms with Gasteiger partial charge in [-0.1, -0.05) is 11.6 Å². The van der Waals surface area contributed by atoms with E-state index in [4.69, 9.17) is 11.6 Å². The minimum Gasteiger partial charge on any atom is -0.465 e. The maximum absolute atomic E-state index is 11.6. The summed E-state index contributed by atoms with van der Waals surface area (Å²) in [5.41, 5.74) is 5.70. The van der Waals surface area contributed by atoms with E-state index >= 15 is 0 Å². The summed E-state index contributed by atoms with van der Waals surface area (Å²) in [6.07, 6.45) is 3.65. The lowest BCUT2D eigenvalue weighted by atomic mass is 9.90. The number of fused-ring (bicyclic) bond motifs is 1. The molecule has 1 N–H and O–H groups in total. The van der Waals surface area contributed by atoms with E-state index in [9.17, 15) is 9.90 Å². The van der Waals surface area contributed by atoms with Crippen LogP contribution in [0.25, 0.3) is 0 Å². The lowest BCUT2D eigenvalue weighted by Gasteiger charge is -2.34. The summed E-state index contributed by atoms with van der Waals surface area (Å²) < 4.78 is 0. The van der Waals surface area contributed by atoms with Gasteiger partial charge in [-0.3, -0.25) is 4.98 Å². The molecule has 0 radical (unpaired) electrons. The molecule has 1 atom stereocenters. The summed E-state index contributed by atoms with van der Waals surface area (Å²) >= 11 is 6.37. The molecule has 26 heavy (non-hydrogen) atoms. The van der Waals surface area contributed by atoms with Gasteiger partial charge in [0.05, 0.1) is 6.04 Å². The van der Waals surface area contributed by atoms with Crippen LogP contribution in [0.15, 0.2) is 30.5 Å². The first-order valence-corrected chi connectivity index (χ1v) is 9.39. The molecular formula is C20H22ClN3O2. The van der Waals surface area contributed by atoms with Gasteiger partial charge in [0.15, 0.2) is 0 Å². The molecule has 2 aliphatic rings. The number of hydrogen-bond acceptors (Lipinski definition) is 3. The number of carbonyl (C=O) groups is 1. The van der Waals surface area contributed by atoms with E-state index in [0.29, 0.717) is 11.6 Å². The molecule has 0 aliphatic carbocycles. The Bertz CT molecular complexity index is 855. The number of halogens is 1. The summed E-state index contributed by atoms with van der Waals surface area (Å²) in [6.45, 7) is 4.28. The number of benzene rings is 1. The molecule has 2 aromatic rings. The van der Waals surface area contributed by atoms with Gasteiger partial charge in [-0.15, -0.1) is 0 Å². The van der Waals surface area contributed by atoms with Gasteiger partial charge >= 0.3 is 6.09 Å². The SMILES string of the molecule is Cc1cc(N2CCc3cc(Cl)cc(C4CCCN4C(=O)O)c3C2)ccn1. The van der Waals surface area contributed by atoms with Crippen molar-refractivity contribution in [2.75, 3.05) is 18.0 Å². The van der Waals surface area contributed by atoms with E-state index in [2.05, 4.69) is 16.0 Å². The lowest BCUT2D eigenvalue weighted by molar-refractivity contribution is 0.140. The monoisotopic (exact) mass is 371 g/mol. The molecule has 1 saturated heterocycles. The predicted molar refractivity (Wildman–Crippen MR) is 102 cm³/mol. The summed E-state index contributed by atoms with van der Waals surface area (Å²) in [7, 11) is 0. The molecule has 1 fully saturated rings. The van der Waals surface area contributed by atoms with Crippen molar-refractivity contribution < 1.29 is 9.90 Å². The van der Waals surface area contributed by atoms with Crippen molar-refractivity contribution >= 4 is 23.4 Å². The van der Waals surface area contributed by atoms with Gasteiger partial charge in [-0.05, 0) is 67.1 Å². The van der Waals surface area contributed by atoms with E-state index in [1.807, 2.05) is 31.3 Å². The molecule has 0 spiro atoms. The maximum Gasteiger partial charge on any atom is 0.407 e. The fraction of sp³-hybridized carbons (Fsp3) is 0.400. The van der Waals surface area contributed by atoms with Crippen LogP contribution in [0.1, 0.15) is 41.3 Å². The molecule has 0 saturated carbocycles. The second-order valence-corrected chi connectivity index (χ2v) is 7.53. The zero-order chi connectivity index (χ0) is 18.3. The first-order valence-electron chi connectivity index (χ1n) is 9.01. The third-order valence-electron chi connectivity index (χ3n) is 5.44. The molecule has 1 aromatic heterocycles. The van der Waals surface area contributed by atoms with E-state index < -0.39 is 6.09 Å². The maximum atomic E-state index is 11.6. The second-order valence-electron chi connectivity index (χ2n) is 7.09. The van der Waals surface area contributed by atoms with Crippen LogP contribution < -0.4 is 4.90 Å². The Morgan fingerprint density at radius 3 is 2.92 bits per heavy atom. The van der Waals surface area contributed by atoms with E-state index in [1.54, 1.807) is 4.90 Å². The van der Waals surface area contributed by atoms with E-state index in [-0.39, 0.29) is 6.04 Å². The number of aryl methyl sites for hydroxylation is 1. The van der Waals surface area contributed by atoms with Crippen molar-refractivity contribution in [1.82, 2.24) is 9.88 Å². The molecule has 2 aliphatic heterocycles. The summed E-state index contributed by atoms with van der Waals surface area (Å²) in [4.78, 5) is 19.8. The summed E-state index contributed by atoms with van der Waals surface area (Å²) in [5.74, 6) is 0. The minimum atomic E-state index is -0.848. The third kappa shape index (κ3) is 3.12. The van der Waals surface area contributed by atoms with Gasteiger partial charge in [0.25, 0.3) is 0 Å². The van der Waals surface area contributed by atoms with Crippen LogP contribution in [0.2, 0.25) is 5.02 Å². The molecule has 5 nitrogen and oxygen atoms in total. The Hall–Kier alpha value is -2.27. The van der Waals surface area contributed by atoms with Gasteiger partial charge in [0.1, 0.15) is 0 Å². The Labute approximate surface area is 158 Å². The standard InChI is InChI=1S/C20H22ClN3O2/c1-13-9-16(4-6-22-13)23-8-5-14-10-15(21)11-17(18(14)12-23)19-3-2-7-24(19)20(25)26/h4,6,9-11,19H,2-3,5,7-8,12H2,1H3,(H,25,26). The van der Waals surface area contributed by atoms with Crippen molar-refractivity contribution in [3.05, 3.63) is 57.9 Å². The van der Waals surface area contributed by atoms with Crippen molar-refractivity contribution in [1.29, 1.82) is 0 Å². The van der Waals surface area contributed by atoms with Crippen LogP contribution in [0.4, 0.5) is 10.5 Å². The normalized spacial score (nSPS) is 19.5. The Balaban J connectivity index is 1.72. The fourth-order valence-electron chi connectivity index (χ4n) is 4.22.